The van der Waals surface area contributed by atoms with Crippen LogP contribution in [0.1, 0.15) is 12.5 Å². The lowest BCUT2D eigenvalue weighted by molar-refractivity contribution is 0.209. The molecule has 0 bridgehead atoms. The summed E-state index contributed by atoms with van der Waals surface area (Å²) in [7, 11) is 0. The Morgan fingerprint density at radius 3 is 3.19 bits per heavy atom. The van der Waals surface area contributed by atoms with E-state index in [4.69, 9.17) is 0 Å². The summed E-state index contributed by atoms with van der Waals surface area (Å²) in [6.07, 6.45) is 4.87. The van der Waals surface area contributed by atoms with Gasteiger partial charge in [-0.1, -0.05) is 0 Å². The zero-order valence-corrected chi connectivity index (χ0v) is 11.2. The molecule has 2 heterocycles. The minimum Gasteiger partial charge on any atom is -0.312 e. The second-order valence-corrected chi connectivity index (χ2v) is 5.33. The van der Waals surface area contributed by atoms with Gasteiger partial charge in [0.25, 0.3) is 0 Å². The van der Waals surface area contributed by atoms with E-state index in [0.29, 0.717) is 6.04 Å². The Morgan fingerprint density at radius 2 is 2.44 bits per heavy atom. The van der Waals surface area contributed by atoms with E-state index in [-0.39, 0.29) is 0 Å². The van der Waals surface area contributed by atoms with E-state index in [9.17, 15) is 0 Å². The molecule has 1 aromatic heterocycles. The van der Waals surface area contributed by atoms with Crippen molar-refractivity contribution in [1.29, 1.82) is 0 Å². The fourth-order valence-corrected chi connectivity index (χ4v) is 2.51. The minimum absolute atomic E-state index is 0.620. The van der Waals surface area contributed by atoms with Crippen LogP contribution in [0.15, 0.2) is 22.9 Å². The lowest BCUT2D eigenvalue weighted by atomic mass is 10.2. The normalized spacial score (nSPS) is 22.2. The summed E-state index contributed by atoms with van der Waals surface area (Å²) in [4.78, 5) is 6.70. The molecule has 4 heteroatoms. The van der Waals surface area contributed by atoms with Crippen LogP contribution in [-0.2, 0) is 6.42 Å². The van der Waals surface area contributed by atoms with Crippen molar-refractivity contribution in [3.63, 3.8) is 0 Å². The number of pyridine rings is 1. The molecule has 1 aliphatic rings. The van der Waals surface area contributed by atoms with E-state index >= 15 is 0 Å². The lowest BCUT2D eigenvalue weighted by Gasteiger charge is -2.31. The van der Waals surface area contributed by atoms with E-state index in [1.807, 2.05) is 12.4 Å². The van der Waals surface area contributed by atoms with Crippen LogP contribution in [0, 0.1) is 0 Å². The Balaban J connectivity index is 1.82. The SMILES string of the molecule is C[C@H]1CN(CCc2cncc(Br)c2)CCN1. The van der Waals surface area contributed by atoms with Crippen molar-refractivity contribution in [1.82, 2.24) is 15.2 Å². The number of piperazine rings is 1. The zero-order chi connectivity index (χ0) is 11.4. The number of rotatable bonds is 3. The second-order valence-electron chi connectivity index (χ2n) is 4.42. The Kier molecular flexibility index (Phi) is 4.32. The third kappa shape index (κ3) is 3.54. The third-order valence-corrected chi connectivity index (χ3v) is 3.36. The Hall–Kier alpha value is -0.450. The second kappa shape index (κ2) is 5.75. The molecule has 2 rings (SSSR count). The van der Waals surface area contributed by atoms with E-state index in [2.05, 4.69) is 44.1 Å². The molecular formula is C12H18BrN3. The van der Waals surface area contributed by atoms with Crippen molar-refractivity contribution in [3.05, 3.63) is 28.5 Å². The first kappa shape index (κ1) is 12.0. The average Bonchev–Trinajstić information content (AvgIpc) is 2.27. The van der Waals surface area contributed by atoms with E-state index in [1.54, 1.807) is 0 Å². The number of aromatic nitrogens is 1. The first-order valence-corrected chi connectivity index (χ1v) is 6.58. The van der Waals surface area contributed by atoms with Gasteiger partial charge in [0.05, 0.1) is 0 Å². The first-order chi connectivity index (χ1) is 7.74. The smallest absolute Gasteiger partial charge is 0.0410 e. The molecule has 88 valence electrons. The molecule has 0 radical (unpaired) electrons. The summed E-state index contributed by atoms with van der Waals surface area (Å²) in [5.74, 6) is 0. The number of nitrogens with zero attached hydrogens (tertiary/aromatic N) is 2. The highest BCUT2D eigenvalue weighted by atomic mass is 79.9. The molecule has 16 heavy (non-hydrogen) atoms. The maximum absolute atomic E-state index is 4.19. The molecule has 0 unspecified atom stereocenters. The number of hydrogen-bond acceptors (Lipinski definition) is 3. The zero-order valence-electron chi connectivity index (χ0n) is 9.62. The van der Waals surface area contributed by atoms with Crippen LogP contribution in [0.5, 0.6) is 0 Å². The van der Waals surface area contributed by atoms with Crippen molar-refractivity contribution in [2.45, 2.75) is 19.4 Å². The Morgan fingerprint density at radius 1 is 1.56 bits per heavy atom. The molecule has 0 aliphatic carbocycles. The predicted molar refractivity (Wildman–Crippen MR) is 69.5 cm³/mol. The standard InChI is InChI=1S/C12H18BrN3/c1-10-9-16(5-3-15-10)4-2-11-6-12(13)8-14-7-11/h6-8,10,15H,2-5,9H2,1H3/t10-/m0/s1. The van der Waals surface area contributed by atoms with Crippen molar-refractivity contribution >= 4 is 15.9 Å². The summed E-state index contributed by atoms with van der Waals surface area (Å²) in [5, 5.41) is 3.46. The average molecular weight is 284 g/mol. The molecular weight excluding hydrogens is 266 g/mol. The van der Waals surface area contributed by atoms with Gasteiger partial charge in [0.15, 0.2) is 0 Å². The molecule has 1 aliphatic heterocycles. The molecule has 1 N–H and O–H groups in total. The molecule has 1 fully saturated rings. The van der Waals surface area contributed by atoms with Gasteiger partial charge in [0.2, 0.25) is 0 Å². The molecule has 0 saturated carbocycles. The highest BCUT2D eigenvalue weighted by Crippen LogP contribution is 2.10. The van der Waals surface area contributed by atoms with Gasteiger partial charge in [-0.15, -0.1) is 0 Å². The fraction of sp³-hybridized carbons (Fsp3) is 0.583. The Bertz CT molecular complexity index is 343. The highest BCUT2D eigenvalue weighted by Gasteiger charge is 2.14. The van der Waals surface area contributed by atoms with Gasteiger partial charge in [-0.05, 0) is 40.9 Å². The summed E-state index contributed by atoms with van der Waals surface area (Å²) in [5.41, 5.74) is 1.31. The van der Waals surface area contributed by atoms with E-state index < -0.39 is 0 Å². The van der Waals surface area contributed by atoms with Gasteiger partial charge >= 0.3 is 0 Å². The van der Waals surface area contributed by atoms with Crippen LogP contribution in [0.3, 0.4) is 0 Å². The fourth-order valence-electron chi connectivity index (χ4n) is 2.10. The maximum atomic E-state index is 4.19. The summed E-state index contributed by atoms with van der Waals surface area (Å²) < 4.78 is 1.07. The predicted octanol–water partition coefficient (Wildman–Crippen LogP) is 1.68. The van der Waals surface area contributed by atoms with Crippen LogP contribution >= 0.6 is 15.9 Å². The molecule has 0 spiro atoms. The van der Waals surface area contributed by atoms with Gasteiger partial charge in [-0.25, -0.2) is 0 Å². The third-order valence-electron chi connectivity index (χ3n) is 2.93. The molecule has 1 saturated heterocycles. The van der Waals surface area contributed by atoms with Gasteiger partial charge in [0.1, 0.15) is 0 Å². The quantitative estimate of drug-likeness (QED) is 0.915. The van der Waals surface area contributed by atoms with Crippen LogP contribution in [0.2, 0.25) is 0 Å². The maximum Gasteiger partial charge on any atom is 0.0410 e. The minimum atomic E-state index is 0.620. The Labute approximate surface area is 105 Å². The molecule has 0 aromatic carbocycles. The molecule has 1 atom stereocenters. The molecule has 0 amide bonds. The highest BCUT2D eigenvalue weighted by molar-refractivity contribution is 9.10. The number of nitrogens with one attached hydrogen (secondary N) is 1. The van der Waals surface area contributed by atoms with Gasteiger partial charge < -0.3 is 10.2 Å². The first-order valence-electron chi connectivity index (χ1n) is 5.79. The number of hydrogen-bond donors (Lipinski definition) is 1. The largest absolute Gasteiger partial charge is 0.312 e. The van der Waals surface area contributed by atoms with E-state index in [1.165, 1.54) is 5.56 Å². The summed E-state index contributed by atoms with van der Waals surface area (Å²) >= 11 is 3.45. The van der Waals surface area contributed by atoms with Gasteiger partial charge in [-0.3, -0.25) is 4.98 Å². The van der Waals surface area contributed by atoms with Gasteiger partial charge in [0, 0.05) is 49.1 Å². The molecule has 1 aromatic rings. The van der Waals surface area contributed by atoms with Crippen LogP contribution < -0.4 is 5.32 Å². The van der Waals surface area contributed by atoms with Crippen LogP contribution in [0.4, 0.5) is 0 Å². The topological polar surface area (TPSA) is 28.2 Å². The van der Waals surface area contributed by atoms with Crippen molar-refractivity contribution in [2.24, 2.45) is 0 Å². The molecule has 3 nitrogen and oxygen atoms in total. The monoisotopic (exact) mass is 283 g/mol. The summed E-state index contributed by atoms with van der Waals surface area (Å²) in [6.45, 7) is 6.79. The van der Waals surface area contributed by atoms with Crippen LogP contribution in [-0.4, -0.2) is 42.1 Å². The van der Waals surface area contributed by atoms with Crippen molar-refractivity contribution < 1.29 is 0 Å². The summed E-state index contributed by atoms with van der Waals surface area (Å²) in [6, 6.07) is 2.77. The lowest BCUT2D eigenvalue weighted by Crippen LogP contribution is -2.49. The van der Waals surface area contributed by atoms with Crippen molar-refractivity contribution in [3.8, 4) is 0 Å². The van der Waals surface area contributed by atoms with E-state index in [0.717, 1.165) is 37.1 Å². The van der Waals surface area contributed by atoms with Crippen molar-refractivity contribution in [2.75, 3.05) is 26.2 Å². The number of halogens is 1. The van der Waals surface area contributed by atoms with Gasteiger partial charge in [-0.2, -0.15) is 0 Å². The van der Waals surface area contributed by atoms with Crippen LogP contribution in [0.25, 0.3) is 0 Å².